The molecule has 5 nitrogen and oxygen atoms in total. The van der Waals surface area contributed by atoms with Crippen LogP contribution in [0, 0.1) is 17.1 Å². The summed E-state index contributed by atoms with van der Waals surface area (Å²) in [6.07, 6.45) is 3.47. The third-order valence-electron chi connectivity index (χ3n) is 4.13. The van der Waals surface area contributed by atoms with Crippen molar-refractivity contribution in [2.75, 3.05) is 13.7 Å². The minimum atomic E-state index is -0.422. The molecule has 1 amide bonds. The maximum absolute atomic E-state index is 13.0. The number of nitrogens with zero attached hydrogens (tertiary/aromatic N) is 2. The molecular formula is C21H18FN3O2. The van der Waals surface area contributed by atoms with Crippen molar-refractivity contribution in [3.63, 3.8) is 0 Å². The molecule has 0 fully saturated rings. The number of hydrogen-bond acceptors (Lipinski definition) is 3. The lowest BCUT2D eigenvalue weighted by molar-refractivity contribution is -0.116. The van der Waals surface area contributed by atoms with Crippen LogP contribution in [0.15, 0.2) is 60.3 Å². The molecule has 0 aliphatic carbocycles. The Labute approximate surface area is 156 Å². The predicted molar refractivity (Wildman–Crippen MR) is 101 cm³/mol. The molecule has 6 heteroatoms. The van der Waals surface area contributed by atoms with Crippen LogP contribution < -0.4 is 10.1 Å². The fourth-order valence-electron chi connectivity index (χ4n) is 2.81. The zero-order valence-corrected chi connectivity index (χ0v) is 14.8. The predicted octanol–water partition coefficient (Wildman–Crippen LogP) is 3.51. The van der Waals surface area contributed by atoms with Crippen molar-refractivity contribution in [2.24, 2.45) is 0 Å². The van der Waals surface area contributed by atoms with E-state index in [1.165, 1.54) is 19.2 Å². The van der Waals surface area contributed by atoms with Crippen LogP contribution in [0.25, 0.3) is 17.0 Å². The fourth-order valence-corrected chi connectivity index (χ4v) is 2.81. The number of para-hydroxylation sites is 1. The average molecular weight is 363 g/mol. The molecule has 3 rings (SSSR count). The first-order valence-electron chi connectivity index (χ1n) is 8.42. The van der Waals surface area contributed by atoms with Crippen molar-refractivity contribution in [1.29, 1.82) is 5.26 Å². The number of carbonyl (C=O) groups is 1. The van der Waals surface area contributed by atoms with Gasteiger partial charge >= 0.3 is 0 Å². The lowest BCUT2D eigenvalue weighted by atomic mass is 10.1. The molecule has 27 heavy (non-hydrogen) atoms. The molecular weight excluding hydrogens is 345 g/mol. The molecule has 0 spiro atoms. The summed E-state index contributed by atoms with van der Waals surface area (Å²) < 4.78 is 20.6. The van der Waals surface area contributed by atoms with Gasteiger partial charge in [0.1, 0.15) is 29.8 Å². The van der Waals surface area contributed by atoms with E-state index in [1.54, 1.807) is 18.2 Å². The van der Waals surface area contributed by atoms with Crippen LogP contribution in [-0.4, -0.2) is 24.1 Å². The Morgan fingerprint density at radius 3 is 2.70 bits per heavy atom. The number of nitrogens with one attached hydrogen (secondary N) is 1. The van der Waals surface area contributed by atoms with Crippen LogP contribution in [0.3, 0.4) is 0 Å². The Morgan fingerprint density at radius 1 is 1.26 bits per heavy atom. The summed E-state index contributed by atoms with van der Waals surface area (Å²) in [5, 5.41) is 12.6. The number of likely N-dealkylation sites (N-methyl/N-ethyl adjacent to an activating group) is 1. The molecule has 0 unspecified atom stereocenters. The summed E-state index contributed by atoms with van der Waals surface area (Å²) in [6, 6.07) is 15.5. The summed E-state index contributed by atoms with van der Waals surface area (Å²) >= 11 is 0. The quantitative estimate of drug-likeness (QED) is 0.538. The van der Waals surface area contributed by atoms with Gasteiger partial charge in [-0.25, -0.2) is 4.39 Å². The van der Waals surface area contributed by atoms with Gasteiger partial charge in [0.05, 0.1) is 6.54 Å². The van der Waals surface area contributed by atoms with E-state index >= 15 is 0 Å². The lowest BCUT2D eigenvalue weighted by Crippen LogP contribution is -2.19. The third-order valence-corrected chi connectivity index (χ3v) is 4.13. The van der Waals surface area contributed by atoms with E-state index in [2.05, 4.69) is 5.32 Å². The van der Waals surface area contributed by atoms with Gasteiger partial charge in [-0.05, 0) is 36.4 Å². The smallest absolute Gasteiger partial charge is 0.261 e. The number of benzene rings is 2. The Kier molecular flexibility index (Phi) is 5.53. The molecule has 0 saturated carbocycles. The first-order valence-corrected chi connectivity index (χ1v) is 8.42. The first-order chi connectivity index (χ1) is 13.1. The highest BCUT2D eigenvalue weighted by molar-refractivity contribution is 6.03. The van der Waals surface area contributed by atoms with Crippen molar-refractivity contribution in [2.45, 2.75) is 6.54 Å². The van der Waals surface area contributed by atoms with Crippen LogP contribution in [0.2, 0.25) is 0 Å². The highest BCUT2D eigenvalue weighted by Crippen LogP contribution is 2.24. The SMILES string of the molecule is CNC(=O)C(C#N)=Cc1cn(CCOc2ccc(F)cc2)c2ccccc12. The van der Waals surface area contributed by atoms with Gasteiger partial charge in [-0.1, -0.05) is 18.2 Å². The van der Waals surface area contributed by atoms with Gasteiger partial charge in [0.25, 0.3) is 5.91 Å². The second-order valence-electron chi connectivity index (χ2n) is 5.85. The van der Waals surface area contributed by atoms with E-state index in [0.29, 0.717) is 18.9 Å². The largest absolute Gasteiger partial charge is 0.492 e. The second kappa shape index (κ2) is 8.19. The van der Waals surface area contributed by atoms with E-state index in [1.807, 2.05) is 41.1 Å². The molecule has 1 heterocycles. The maximum Gasteiger partial charge on any atom is 0.261 e. The minimum absolute atomic E-state index is 0.0444. The van der Waals surface area contributed by atoms with Gasteiger partial charge in [-0.2, -0.15) is 5.26 Å². The van der Waals surface area contributed by atoms with Crippen LogP contribution in [0.1, 0.15) is 5.56 Å². The number of carbonyl (C=O) groups excluding carboxylic acids is 1. The van der Waals surface area contributed by atoms with Gasteiger partial charge in [-0.15, -0.1) is 0 Å². The van der Waals surface area contributed by atoms with Crippen LogP contribution in [-0.2, 0) is 11.3 Å². The van der Waals surface area contributed by atoms with Crippen molar-refractivity contribution in [3.05, 3.63) is 71.7 Å². The van der Waals surface area contributed by atoms with E-state index in [4.69, 9.17) is 4.74 Å². The molecule has 0 saturated heterocycles. The van der Waals surface area contributed by atoms with Gasteiger partial charge < -0.3 is 14.6 Å². The van der Waals surface area contributed by atoms with E-state index in [0.717, 1.165) is 16.5 Å². The monoisotopic (exact) mass is 363 g/mol. The number of amides is 1. The summed E-state index contributed by atoms with van der Waals surface area (Å²) in [4.78, 5) is 11.8. The maximum atomic E-state index is 13.0. The number of hydrogen-bond donors (Lipinski definition) is 1. The zero-order chi connectivity index (χ0) is 19.2. The van der Waals surface area contributed by atoms with Crippen LogP contribution in [0.4, 0.5) is 4.39 Å². The average Bonchev–Trinajstić information content (AvgIpc) is 3.05. The molecule has 0 aliphatic heterocycles. The number of ether oxygens (including phenoxy) is 1. The molecule has 0 atom stereocenters. The molecule has 3 aromatic rings. The second-order valence-corrected chi connectivity index (χ2v) is 5.85. The van der Waals surface area contributed by atoms with E-state index in [-0.39, 0.29) is 11.4 Å². The molecule has 136 valence electrons. The number of aromatic nitrogens is 1. The van der Waals surface area contributed by atoms with Gasteiger partial charge in [-0.3, -0.25) is 4.79 Å². The van der Waals surface area contributed by atoms with Crippen molar-refractivity contribution in [3.8, 4) is 11.8 Å². The summed E-state index contributed by atoms with van der Waals surface area (Å²) in [6.45, 7) is 0.960. The molecule has 1 aromatic heterocycles. The van der Waals surface area contributed by atoms with E-state index in [9.17, 15) is 14.4 Å². The number of fused-ring (bicyclic) bond motifs is 1. The Morgan fingerprint density at radius 2 is 2.00 bits per heavy atom. The lowest BCUT2D eigenvalue weighted by Gasteiger charge is -2.08. The normalized spacial score (nSPS) is 11.2. The molecule has 0 aliphatic rings. The van der Waals surface area contributed by atoms with E-state index < -0.39 is 5.91 Å². The summed E-state index contributed by atoms with van der Waals surface area (Å²) in [7, 11) is 1.49. The first kappa shape index (κ1) is 18.2. The molecule has 0 radical (unpaired) electrons. The Bertz CT molecular complexity index is 1030. The Balaban J connectivity index is 1.84. The highest BCUT2D eigenvalue weighted by Gasteiger charge is 2.11. The summed E-state index contributed by atoms with van der Waals surface area (Å²) in [5.74, 6) is -0.132. The fraction of sp³-hybridized carbons (Fsp3) is 0.143. The minimum Gasteiger partial charge on any atom is -0.492 e. The van der Waals surface area contributed by atoms with Gasteiger partial charge in [0.15, 0.2) is 0 Å². The Hall–Kier alpha value is -3.59. The number of rotatable bonds is 6. The third kappa shape index (κ3) is 4.15. The molecule has 1 N–H and O–H groups in total. The zero-order valence-electron chi connectivity index (χ0n) is 14.8. The number of halogens is 1. The van der Waals surface area contributed by atoms with Gasteiger partial charge in [0, 0.05) is 29.7 Å². The number of nitriles is 1. The van der Waals surface area contributed by atoms with Gasteiger partial charge in [0.2, 0.25) is 0 Å². The van der Waals surface area contributed by atoms with Crippen molar-refractivity contribution >= 4 is 22.9 Å². The molecule has 0 bridgehead atoms. The highest BCUT2D eigenvalue weighted by atomic mass is 19.1. The van der Waals surface area contributed by atoms with Crippen molar-refractivity contribution in [1.82, 2.24) is 9.88 Å². The topological polar surface area (TPSA) is 67.0 Å². The van der Waals surface area contributed by atoms with Crippen LogP contribution >= 0.6 is 0 Å². The van der Waals surface area contributed by atoms with Crippen molar-refractivity contribution < 1.29 is 13.9 Å². The summed E-state index contributed by atoms with van der Waals surface area (Å²) in [5.41, 5.74) is 1.80. The molecule has 2 aromatic carbocycles. The standard InChI is InChI=1S/C21H18FN3O2/c1-24-21(26)15(13-23)12-16-14-25(20-5-3-2-4-19(16)20)10-11-27-18-8-6-17(22)7-9-18/h2-9,12,14H,10-11H2,1H3,(H,24,26). The van der Waals surface area contributed by atoms with Crippen LogP contribution in [0.5, 0.6) is 5.75 Å².